The quantitative estimate of drug-likeness (QED) is 0.786. The Hall–Kier alpha value is -2.08. The van der Waals surface area contributed by atoms with E-state index in [4.69, 9.17) is 4.74 Å². The normalized spacial score (nSPS) is 10.8. The van der Waals surface area contributed by atoms with E-state index in [2.05, 4.69) is 37.3 Å². The van der Waals surface area contributed by atoms with Crippen molar-refractivity contribution in [3.63, 3.8) is 0 Å². The Kier molecular flexibility index (Phi) is 3.79. The Bertz CT molecular complexity index is 784. The van der Waals surface area contributed by atoms with Crippen molar-refractivity contribution in [2.45, 2.75) is 13.5 Å². The molecule has 0 radical (unpaired) electrons. The van der Waals surface area contributed by atoms with Gasteiger partial charge in [0, 0.05) is 11.9 Å². The summed E-state index contributed by atoms with van der Waals surface area (Å²) in [4.78, 5) is 8.51. The smallest absolute Gasteiger partial charge is 0.155 e. The number of methoxy groups -OCH3 is 1. The molecular formula is C15H15BrN4O. The van der Waals surface area contributed by atoms with Crippen LogP contribution in [0, 0.1) is 6.92 Å². The molecule has 0 aliphatic carbocycles. The first-order valence-corrected chi connectivity index (χ1v) is 7.32. The fourth-order valence-electron chi connectivity index (χ4n) is 2.23. The SMILES string of the molecule is COc1ccc(NCc2cnc3cnc(Br)cn23)cc1C. The fourth-order valence-corrected chi connectivity index (χ4v) is 2.53. The van der Waals surface area contributed by atoms with Gasteiger partial charge in [0.05, 0.1) is 31.7 Å². The molecule has 0 amide bonds. The number of nitrogens with zero attached hydrogens (tertiary/aromatic N) is 3. The van der Waals surface area contributed by atoms with Gasteiger partial charge in [0.15, 0.2) is 5.65 Å². The summed E-state index contributed by atoms with van der Waals surface area (Å²) in [5.74, 6) is 0.894. The summed E-state index contributed by atoms with van der Waals surface area (Å²) in [5.41, 5.74) is 4.06. The molecule has 2 heterocycles. The zero-order valence-electron chi connectivity index (χ0n) is 11.8. The average molecular weight is 347 g/mol. The lowest BCUT2D eigenvalue weighted by molar-refractivity contribution is 0.412. The van der Waals surface area contributed by atoms with Crippen LogP contribution in [-0.4, -0.2) is 21.5 Å². The molecule has 2 aromatic heterocycles. The standard InChI is InChI=1S/C15H15BrN4O/c1-10-5-11(3-4-13(10)21-2)17-6-12-7-19-15-8-18-14(16)9-20(12)15/h3-5,7-9,17H,6H2,1-2H3. The summed E-state index contributed by atoms with van der Waals surface area (Å²) < 4.78 is 8.07. The van der Waals surface area contributed by atoms with E-state index in [9.17, 15) is 0 Å². The Labute approximate surface area is 131 Å². The van der Waals surface area contributed by atoms with Gasteiger partial charge in [-0.05, 0) is 46.6 Å². The van der Waals surface area contributed by atoms with Crippen LogP contribution in [0.3, 0.4) is 0 Å². The first-order chi connectivity index (χ1) is 10.2. The molecule has 0 saturated carbocycles. The molecular weight excluding hydrogens is 332 g/mol. The van der Waals surface area contributed by atoms with Gasteiger partial charge in [-0.1, -0.05) is 0 Å². The minimum absolute atomic E-state index is 0.684. The Morgan fingerprint density at radius 1 is 1.29 bits per heavy atom. The number of hydrogen-bond acceptors (Lipinski definition) is 4. The number of halogens is 1. The number of anilines is 1. The van der Waals surface area contributed by atoms with E-state index in [1.165, 1.54) is 0 Å². The molecule has 21 heavy (non-hydrogen) atoms. The van der Waals surface area contributed by atoms with Gasteiger partial charge in [-0.2, -0.15) is 0 Å². The van der Waals surface area contributed by atoms with Crippen LogP contribution in [0.2, 0.25) is 0 Å². The number of fused-ring (bicyclic) bond motifs is 1. The topological polar surface area (TPSA) is 51.5 Å². The molecule has 0 atom stereocenters. The summed E-state index contributed by atoms with van der Waals surface area (Å²) in [7, 11) is 1.68. The molecule has 0 bridgehead atoms. The maximum atomic E-state index is 5.27. The molecule has 6 heteroatoms. The van der Waals surface area contributed by atoms with Crippen LogP contribution in [0.4, 0.5) is 5.69 Å². The maximum Gasteiger partial charge on any atom is 0.155 e. The third-order valence-corrected chi connectivity index (χ3v) is 3.72. The summed E-state index contributed by atoms with van der Waals surface area (Å²) >= 11 is 3.38. The zero-order chi connectivity index (χ0) is 14.8. The molecule has 0 fully saturated rings. The van der Waals surface area contributed by atoms with Gasteiger partial charge in [0.25, 0.3) is 0 Å². The van der Waals surface area contributed by atoms with Crippen molar-refractivity contribution < 1.29 is 4.74 Å². The van der Waals surface area contributed by atoms with Gasteiger partial charge in [-0.15, -0.1) is 0 Å². The van der Waals surface area contributed by atoms with E-state index in [-0.39, 0.29) is 0 Å². The van der Waals surface area contributed by atoms with Crippen LogP contribution in [0.5, 0.6) is 5.75 Å². The first-order valence-electron chi connectivity index (χ1n) is 6.53. The molecule has 0 aliphatic rings. The predicted molar refractivity (Wildman–Crippen MR) is 85.7 cm³/mol. The highest BCUT2D eigenvalue weighted by Gasteiger charge is 2.05. The monoisotopic (exact) mass is 346 g/mol. The van der Waals surface area contributed by atoms with Crippen molar-refractivity contribution in [2.24, 2.45) is 0 Å². The summed E-state index contributed by atoms with van der Waals surface area (Å²) in [6.45, 7) is 2.71. The molecule has 3 aromatic rings. The minimum Gasteiger partial charge on any atom is -0.496 e. The molecule has 108 valence electrons. The number of ether oxygens (including phenoxy) is 1. The second-order valence-electron chi connectivity index (χ2n) is 4.73. The predicted octanol–water partition coefficient (Wildman–Crippen LogP) is 3.42. The highest BCUT2D eigenvalue weighted by molar-refractivity contribution is 9.10. The lowest BCUT2D eigenvalue weighted by Crippen LogP contribution is -2.03. The van der Waals surface area contributed by atoms with Crippen molar-refractivity contribution in [1.29, 1.82) is 0 Å². The highest BCUT2D eigenvalue weighted by Crippen LogP contribution is 2.22. The van der Waals surface area contributed by atoms with Crippen molar-refractivity contribution in [3.8, 4) is 5.75 Å². The van der Waals surface area contributed by atoms with Crippen LogP contribution >= 0.6 is 15.9 Å². The van der Waals surface area contributed by atoms with Gasteiger partial charge >= 0.3 is 0 Å². The number of imidazole rings is 1. The molecule has 5 nitrogen and oxygen atoms in total. The first kappa shape index (κ1) is 13.9. The van der Waals surface area contributed by atoms with E-state index >= 15 is 0 Å². The number of nitrogens with one attached hydrogen (secondary N) is 1. The second kappa shape index (κ2) is 5.73. The number of aromatic nitrogens is 3. The second-order valence-corrected chi connectivity index (χ2v) is 5.54. The molecule has 3 rings (SSSR count). The molecule has 0 saturated heterocycles. The Balaban J connectivity index is 1.80. The van der Waals surface area contributed by atoms with Crippen LogP contribution in [0.25, 0.3) is 5.65 Å². The van der Waals surface area contributed by atoms with E-state index in [0.29, 0.717) is 6.54 Å². The number of aryl methyl sites for hydroxylation is 1. The fraction of sp³-hybridized carbons (Fsp3) is 0.200. The van der Waals surface area contributed by atoms with Crippen molar-refractivity contribution in [2.75, 3.05) is 12.4 Å². The van der Waals surface area contributed by atoms with Gasteiger partial charge in [-0.25, -0.2) is 9.97 Å². The van der Waals surface area contributed by atoms with Crippen molar-refractivity contribution >= 4 is 27.3 Å². The third-order valence-electron chi connectivity index (χ3n) is 3.31. The van der Waals surface area contributed by atoms with Gasteiger partial charge in [-0.3, -0.25) is 4.40 Å². The summed E-state index contributed by atoms with van der Waals surface area (Å²) in [6.07, 6.45) is 5.51. The van der Waals surface area contributed by atoms with Crippen LogP contribution in [0.15, 0.2) is 41.4 Å². The van der Waals surface area contributed by atoms with Crippen molar-refractivity contribution in [3.05, 3.63) is 52.7 Å². The maximum absolute atomic E-state index is 5.27. The van der Waals surface area contributed by atoms with Crippen LogP contribution < -0.4 is 10.1 Å². The van der Waals surface area contributed by atoms with E-state index < -0.39 is 0 Å². The van der Waals surface area contributed by atoms with E-state index in [1.807, 2.05) is 35.9 Å². The molecule has 0 spiro atoms. The lowest BCUT2D eigenvalue weighted by Gasteiger charge is -2.10. The molecule has 0 unspecified atom stereocenters. The van der Waals surface area contributed by atoms with Gasteiger partial charge in [0.1, 0.15) is 10.4 Å². The van der Waals surface area contributed by atoms with Crippen molar-refractivity contribution in [1.82, 2.24) is 14.4 Å². The third kappa shape index (κ3) is 2.85. The minimum atomic E-state index is 0.684. The van der Waals surface area contributed by atoms with E-state index in [1.54, 1.807) is 13.3 Å². The van der Waals surface area contributed by atoms with Gasteiger partial charge in [0.2, 0.25) is 0 Å². The molecule has 1 aromatic carbocycles. The average Bonchev–Trinajstić information content (AvgIpc) is 2.87. The molecule has 0 aliphatic heterocycles. The van der Waals surface area contributed by atoms with Crippen LogP contribution in [-0.2, 0) is 6.54 Å². The van der Waals surface area contributed by atoms with Crippen LogP contribution in [0.1, 0.15) is 11.3 Å². The van der Waals surface area contributed by atoms with E-state index in [0.717, 1.165) is 32.9 Å². The Morgan fingerprint density at radius 3 is 2.90 bits per heavy atom. The number of hydrogen-bond donors (Lipinski definition) is 1. The lowest BCUT2D eigenvalue weighted by atomic mass is 10.2. The summed E-state index contributed by atoms with van der Waals surface area (Å²) in [5, 5.41) is 3.40. The van der Waals surface area contributed by atoms with Gasteiger partial charge < -0.3 is 10.1 Å². The highest BCUT2D eigenvalue weighted by atomic mass is 79.9. The number of benzene rings is 1. The summed E-state index contributed by atoms with van der Waals surface area (Å²) in [6, 6.07) is 6.04. The largest absolute Gasteiger partial charge is 0.496 e. The molecule has 1 N–H and O–H groups in total. The Morgan fingerprint density at radius 2 is 2.14 bits per heavy atom. The number of rotatable bonds is 4. The zero-order valence-corrected chi connectivity index (χ0v) is 13.4.